The fourth-order valence-corrected chi connectivity index (χ4v) is 1.49. The van der Waals surface area contributed by atoms with Crippen LogP contribution >= 0.6 is 0 Å². The minimum absolute atomic E-state index is 0.0561. The first-order valence-corrected chi connectivity index (χ1v) is 6.91. The zero-order valence-corrected chi connectivity index (χ0v) is 12.4. The minimum atomic E-state index is -1.80. The van der Waals surface area contributed by atoms with Crippen LogP contribution in [-0.4, -0.2) is 79.8 Å². The topological polar surface area (TPSA) is 192 Å². The Morgan fingerprint density at radius 2 is 1.57 bits per heavy atom. The van der Waals surface area contributed by atoms with Gasteiger partial charge >= 0.3 is 0 Å². The lowest BCUT2D eigenvalue weighted by molar-refractivity contribution is -0.129. The van der Waals surface area contributed by atoms with Crippen LogP contribution in [0.2, 0.25) is 0 Å². The van der Waals surface area contributed by atoms with E-state index in [0.29, 0.717) is 12.8 Å². The second-order valence-corrected chi connectivity index (χ2v) is 4.78. The minimum Gasteiger partial charge on any atom is -0.394 e. The third-order valence-electron chi connectivity index (χ3n) is 2.88. The van der Waals surface area contributed by atoms with Gasteiger partial charge in [-0.2, -0.15) is 5.10 Å². The van der Waals surface area contributed by atoms with Crippen LogP contribution in [0.5, 0.6) is 0 Å². The summed E-state index contributed by atoms with van der Waals surface area (Å²) in [5, 5.41) is 57.6. The molecule has 0 aromatic rings. The number of amides is 2. The molecule has 11 nitrogen and oxygen atoms in total. The van der Waals surface area contributed by atoms with E-state index in [1.54, 1.807) is 0 Å². The lowest BCUT2D eigenvalue weighted by atomic mass is 10.0. The van der Waals surface area contributed by atoms with Crippen molar-refractivity contribution in [3.63, 3.8) is 0 Å². The number of hydrogen-bond acceptors (Lipinski definition) is 9. The van der Waals surface area contributed by atoms with Gasteiger partial charge in [0.15, 0.2) is 0 Å². The summed E-state index contributed by atoms with van der Waals surface area (Å²) >= 11 is 0. The molecule has 0 saturated carbocycles. The van der Waals surface area contributed by atoms with Gasteiger partial charge in [0.25, 0.3) is 0 Å². The number of hydrazone groups is 1. The van der Waals surface area contributed by atoms with Crippen LogP contribution in [0.25, 0.3) is 0 Å². The maximum Gasteiger partial charge on any atom is 0.243 e. The molecular weight excluding hydrogens is 314 g/mol. The highest BCUT2D eigenvalue weighted by molar-refractivity contribution is 5.77. The first-order valence-electron chi connectivity index (χ1n) is 6.91. The van der Waals surface area contributed by atoms with Gasteiger partial charge in [-0.15, -0.1) is 0 Å². The molecule has 23 heavy (non-hydrogen) atoms. The number of carbonyl (C=O) groups is 2. The number of nitrogens with one attached hydrogen (secondary N) is 2. The van der Waals surface area contributed by atoms with Crippen molar-refractivity contribution < 1.29 is 40.3 Å². The third kappa shape index (κ3) is 9.18. The summed E-state index contributed by atoms with van der Waals surface area (Å²) in [7, 11) is 0. The van der Waals surface area contributed by atoms with Crippen LogP contribution < -0.4 is 10.9 Å². The fourth-order valence-electron chi connectivity index (χ4n) is 1.49. The van der Waals surface area contributed by atoms with Crippen molar-refractivity contribution in [2.75, 3.05) is 6.61 Å². The average molecular weight is 337 g/mol. The van der Waals surface area contributed by atoms with E-state index in [-0.39, 0.29) is 12.8 Å². The Hall–Kier alpha value is -1.63. The highest BCUT2D eigenvalue weighted by Gasteiger charge is 2.29. The summed E-state index contributed by atoms with van der Waals surface area (Å²) in [6.45, 7) is -0.798. The van der Waals surface area contributed by atoms with Gasteiger partial charge < -0.3 is 25.5 Å². The monoisotopic (exact) mass is 337 g/mol. The Morgan fingerprint density at radius 3 is 2.09 bits per heavy atom. The molecule has 0 aliphatic rings. The van der Waals surface area contributed by atoms with Crippen molar-refractivity contribution >= 4 is 18.0 Å². The smallest absolute Gasteiger partial charge is 0.243 e. The zero-order chi connectivity index (χ0) is 17.8. The molecule has 11 heteroatoms. The molecule has 0 bridgehead atoms. The van der Waals surface area contributed by atoms with Crippen molar-refractivity contribution in [1.82, 2.24) is 10.9 Å². The third-order valence-corrected chi connectivity index (χ3v) is 2.88. The lowest BCUT2D eigenvalue weighted by Crippen LogP contribution is -2.46. The Labute approximate surface area is 132 Å². The maximum absolute atomic E-state index is 11.4. The van der Waals surface area contributed by atoms with Crippen LogP contribution in [-0.2, 0) is 9.59 Å². The summed E-state index contributed by atoms with van der Waals surface area (Å²) in [6, 6.07) is 0. The largest absolute Gasteiger partial charge is 0.394 e. The van der Waals surface area contributed by atoms with Crippen LogP contribution in [0.4, 0.5) is 0 Å². The van der Waals surface area contributed by atoms with Crippen molar-refractivity contribution in [1.29, 1.82) is 0 Å². The molecule has 0 spiro atoms. The molecule has 0 unspecified atom stereocenters. The molecule has 0 radical (unpaired) electrons. The molecule has 0 aliphatic heterocycles. The van der Waals surface area contributed by atoms with Gasteiger partial charge in [-0.05, 0) is 12.8 Å². The van der Waals surface area contributed by atoms with Crippen molar-refractivity contribution in [3.05, 3.63) is 0 Å². The van der Waals surface area contributed by atoms with Crippen LogP contribution in [0, 0.1) is 0 Å². The molecule has 0 aliphatic carbocycles. The van der Waals surface area contributed by atoms with Gasteiger partial charge in [-0.1, -0.05) is 0 Å². The number of aliphatic hydroxyl groups is 5. The van der Waals surface area contributed by atoms with Crippen LogP contribution in [0.15, 0.2) is 5.10 Å². The molecular formula is C12H23N3O8. The Balaban J connectivity index is 4.02. The molecule has 2 amide bonds. The second kappa shape index (κ2) is 11.9. The maximum atomic E-state index is 11.4. The highest BCUT2D eigenvalue weighted by Crippen LogP contribution is 2.04. The molecule has 0 aromatic carbocycles. The number of carbonyl (C=O) groups excluding carboxylic acids is 2. The highest BCUT2D eigenvalue weighted by atomic mass is 16.5. The molecule has 0 fully saturated rings. The number of nitrogens with zero attached hydrogens (tertiary/aromatic N) is 1. The summed E-state index contributed by atoms with van der Waals surface area (Å²) < 4.78 is 0. The van der Waals surface area contributed by atoms with Gasteiger partial charge in [0.2, 0.25) is 11.8 Å². The van der Waals surface area contributed by atoms with Crippen molar-refractivity contribution in [2.45, 2.75) is 50.1 Å². The number of unbranched alkanes of at least 4 members (excludes halogenated alkanes) is 1. The van der Waals surface area contributed by atoms with Crippen LogP contribution in [0.1, 0.15) is 25.7 Å². The normalized spacial score (nSPS) is 16.6. The van der Waals surface area contributed by atoms with Gasteiger partial charge in [-0.3, -0.25) is 14.8 Å². The molecule has 8 N–H and O–H groups in total. The second-order valence-electron chi connectivity index (χ2n) is 4.78. The fraction of sp³-hybridized carbons (Fsp3) is 0.750. The predicted octanol–water partition coefficient (Wildman–Crippen LogP) is -3.41. The number of hydroxylamine groups is 1. The predicted molar refractivity (Wildman–Crippen MR) is 76.1 cm³/mol. The van der Waals surface area contributed by atoms with Crippen molar-refractivity contribution in [2.24, 2.45) is 5.10 Å². The molecule has 0 saturated heterocycles. The summed E-state index contributed by atoms with van der Waals surface area (Å²) in [5.41, 5.74) is 3.53. The number of hydrogen-bond donors (Lipinski definition) is 8. The van der Waals surface area contributed by atoms with E-state index >= 15 is 0 Å². The molecule has 0 heterocycles. The summed E-state index contributed by atoms with van der Waals surface area (Å²) in [4.78, 5) is 22.1. The van der Waals surface area contributed by atoms with E-state index in [9.17, 15) is 24.9 Å². The lowest BCUT2D eigenvalue weighted by Gasteiger charge is -2.23. The van der Waals surface area contributed by atoms with E-state index in [1.807, 2.05) is 0 Å². The van der Waals surface area contributed by atoms with Gasteiger partial charge in [0.05, 0.1) is 12.8 Å². The summed E-state index contributed by atoms with van der Waals surface area (Å²) in [6.07, 6.45) is -5.22. The molecule has 4 atom stereocenters. The van der Waals surface area contributed by atoms with E-state index in [4.69, 9.17) is 15.4 Å². The Bertz CT molecular complexity index is 393. The van der Waals surface area contributed by atoms with Gasteiger partial charge in [0, 0.05) is 12.8 Å². The summed E-state index contributed by atoms with van der Waals surface area (Å²) in [5.74, 6) is -1.05. The molecule has 134 valence electrons. The Kier molecular flexibility index (Phi) is 11.0. The molecule has 0 aromatic heterocycles. The first-order chi connectivity index (χ1) is 10.8. The number of rotatable bonds is 11. The number of aliphatic hydroxyl groups excluding tert-OH is 5. The van der Waals surface area contributed by atoms with Crippen LogP contribution in [0.3, 0.4) is 0 Å². The van der Waals surface area contributed by atoms with Gasteiger partial charge in [0.1, 0.15) is 24.4 Å². The standard InChI is InChI=1S/C12H23N3O8/c16-6-8(18)12(22)11(21)7(17)5-13-14-9(19)3-1-2-4-10(20)15-23/h5,7-8,11-12,16-18,21-23H,1-4,6H2,(H,14,19)(H,15,20)/t7-,8-,11-,12-/m1/s1. The Morgan fingerprint density at radius 1 is 1.00 bits per heavy atom. The van der Waals surface area contributed by atoms with E-state index in [1.165, 1.54) is 5.48 Å². The van der Waals surface area contributed by atoms with E-state index < -0.39 is 42.8 Å². The van der Waals surface area contributed by atoms with Gasteiger partial charge in [-0.25, -0.2) is 10.9 Å². The quantitative estimate of drug-likeness (QED) is 0.0826. The zero-order valence-electron chi connectivity index (χ0n) is 12.4. The average Bonchev–Trinajstić information content (AvgIpc) is 2.55. The molecule has 0 rings (SSSR count). The van der Waals surface area contributed by atoms with Crippen molar-refractivity contribution in [3.8, 4) is 0 Å². The first kappa shape index (κ1) is 21.4. The van der Waals surface area contributed by atoms with E-state index in [2.05, 4.69) is 10.5 Å². The SMILES string of the molecule is O=C(CCCCC(=O)NN=C[C@@H](O)[C@@H](O)[C@H](O)[C@H](O)CO)NO. The van der Waals surface area contributed by atoms with E-state index in [0.717, 1.165) is 6.21 Å².